The molecule has 0 aliphatic carbocycles. The lowest BCUT2D eigenvalue weighted by atomic mass is 10.2. The van der Waals surface area contributed by atoms with Crippen LogP contribution in [-0.4, -0.2) is 19.5 Å². The maximum atomic E-state index is 10.8. The first-order chi connectivity index (χ1) is 8.72. The predicted molar refractivity (Wildman–Crippen MR) is 75.6 cm³/mol. The fourth-order valence-corrected chi connectivity index (χ4v) is 2.04. The van der Waals surface area contributed by atoms with Crippen LogP contribution in [0.15, 0.2) is 29.3 Å². The number of aldehydes is 1. The highest BCUT2D eigenvalue weighted by atomic mass is 79.9. The van der Waals surface area contributed by atoms with Gasteiger partial charge in [-0.05, 0) is 47.8 Å². The summed E-state index contributed by atoms with van der Waals surface area (Å²) in [5, 5.41) is 0. The second-order valence-electron chi connectivity index (χ2n) is 3.66. The molecule has 0 fully saturated rings. The first-order valence-electron chi connectivity index (χ1n) is 5.88. The number of hydrogen-bond donors (Lipinski definition) is 0. The van der Waals surface area contributed by atoms with Gasteiger partial charge in [0.05, 0.1) is 17.7 Å². The summed E-state index contributed by atoms with van der Waals surface area (Å²) in [5.41, 5.74) is 0.559. The Morgan fingerprint density at radius 2 is 2.17 bits per heavy atom. The second kappa shape index (κ2) is 7.93. The maximum Gasteiger partial charge on any atom is 0.175 e. The van der Waals surface area contributed by atoms with E-state index in [0.29, 0.717) is 30.3 Å². The van der Waals surface area contributed by atoms with Gasteiger partial charge in [-0.15, -0.1) is 6.58 Å². The van der Waals surface area contributed by atoms with E-state index in [1.165, 1.54) is 0 Å². The zero-order chi connectivity index (χ0) is 13.4. The number of halogens is 1. The van der Waals surface area contributed by atoms with Gasteiger partial charge in [0.2, 0.25) is 0 Å². The lowest BCUT2D eigenvalue weighted by Crippen LogP contribution is -2.02. The van der Waals surface area contributed by atoms with E-state index in [-0.39, 0.29) is 0 Å². The van der Waals surface area contributed by atoms with E-state index in [1.807, 2.05) is 13.0 Å². The molecule has 0 heterocycles. The standard InChI is InChI=1S/C14H17BrO3/c1-3-5-6-7-18-14-12(15)8-11(10-16)9-13(14)17-4-2/h3,8-10H,1,4-7H2,2H3. The Morgan fingerprint density at radius 1 is 1.39 bits per heavy atom. The molecular weight excluding hydrogens is 296 g/mol. The SMILES string of the molecule is C=CCCCOc1c(Br)cc(C=O)cc1OCC. The molecule has 3 nitrogen and oxygen atoms in total. The summed E-state index contributed by atoms with van der Waals surface area (Å²) in [6.45, 7) is 6.67. The number of rotatable bonds is 8. The molecule has 0 spiro atoms. The van der Waals surface area contributed by atoms with Gasteiger partial charge in [0.1, 0.15) is 6.29 Å². The molecule has 0 aliphatic heterocycles. The fourth-order valence-electron chi connectivity index (χ4n) is 1.46. The van der Waals surface area contributed by atoms with Crippen LogP contribution in [0.2, 0.25) is 0 Å². The maximum absolute atomic E-state index is 10.8. The molecule has 0 radical (unpaired) electrons. The Hall–Kier alpha value is -1.29. The van der Waals surface area contributed by atoms with Gasteiger partial charge in [-0.2, -0.15) is 0 Å². The topological polar surface area (TPSA) is 35.5 Å². The average molecular weight is 313 g/mol. The average Bonchev–Trinajstić information content (AvgIpc) is 2.37. The number of carbonyl (C=O) groups is 1. The second-order valence-corrected chi connectivity index (χ2v) is 4.51. The summed E-state index contributed by atoms with van der Waals surface area (Å²) in [5.74, 6) is 1.24. The van der Waals surface area contributed by atoms with Crippen LogP contribution in [0.25, 0.3) is 0 Å². The molecule has 98 valence electrons. The van der Waals surface area contributed by atoms with Crippen LogP contribution in [0, 0.1) is 0 Å². The molecule has 0 saturated carbocycles. The first-order valence-corrected chi connectivity index (χ1v) is 6.67. The van der Waals surface area contributed by atoms with Crippen molar-refractivity contribution < 1.29 is 14.3 Å². The third kappa shape index (κ3) is 4.18. The molecule has 18 heavy (non-hydrogen) atoms. The Balaban J connectivity index is 2.85. The molecule has 0 N–H and O–H groups in total. The first kappa shape index (κ1) is 14.8. The number of hydrogen-bond acceptors (Lipinski definition) is 3. The molecule has 0 amide bonds. The Kier molecular flexibility index (Phi) is 6.50. The van der Waals surface area contributed by atoms with Crippen LogP contribution >= 0.6 is 15.9 Å². The highest BCUT2D eigenvalue weighted by Crippen LogP contribution is 2.36. The van der Waals surface area contributed by atoms with Crippen LogP contribution < -0.4 is 9.47 Å². The molecular formula is C14H17BrO3. The summed E-state index contributed by atoms with van der Waals surface area (Å²) in [6.07, 6.45) is 4.46. The van der Waals surface area contributed by atoms with E-state index >= 15 is 0 Å². The number of benzene rings is 1. The van der Waals surface area contributed by atoms with Gasteiger partial charge in [0.25, 0.3) is 0 Å². The van der Waals surface area contributed by atoms with Crippen LogP contribution in [0.4, 0.5) is 0 Å². The lowest BCUT2D eigenvalue weighted by Gasteiger charge is -2.14. The van der Waals surface area contributed by atoms with Gasteiger partial charge in [-0.3, -0.25) is 4.79 Å². The van der Waals surface area contributed by atoms with Crippen molar-refractivity contribution in [2.45, 2.75) is 19.8 Å². The summed E-state index contributed by atoms with van der Waals surface area (Å²) in [7, 11) is 0. The Bertz CT molecular complexity index is 416. The Morgan fingerprint density at radius 3 is 2.78 bits per heavy atom. The normalized spacial score (nSPS) is 9.89. The van der Waals surface area contributed by atoms with E-state index in [9.17, 15) is 4.79 Å². The molecule has 0 atom stereocenters. The van der Waals surface area contributed by atoms with Crippen molar-refractivity contribution in [1.29, 1.82) is 0 Å². The largest absolute Gasteiger partial charge is 0.490 e. The van der Waals surface area contributed by atoms with Crippen LogP contribution in [0.1, 0.15) is 30.1 Å². The number of unbranched alkanes of at least 4 members (excludes halogenated alkanes) is 1. The number of ether oxygens (including phenoxy) is 2. The van der Waals surface area contributed by atoms with Crippen molar-refractivity contribution in [1.82, 2.24) is 0 Å². The zero-order valence-electron chi connectivity index (χ0n) is 10.4. The molecule has 0 unspecified atom stereocenters. The minimum Gasteiger partial charge on any atom is -0.490 e. The van der Waals surface area contributed by atoms with Crippen molar-refractivity contribution in [3.05, 3.63) is 34.8 Å². The third-order valence-corrected chi connectivity index (χ3v) is 2.86. The smallest absolute Gasteiger partial charge is 0.175 e. The summed E-state index contributed by atoms with van der Waals surface area (Å²) >= 11 is 3.39. The van der Waals surface area contributed by atoms with E-state index in [1.54, 1.807) is 12.1 Å². The highest BCUT2D eigenvalue weighted by Gasteiger charge is 2.11. The zero-order valence-corrected chi connectivity index (χ0v) is 12.0. The molecule has 0 aliphatic rings. The van der Waals surface area contributed by atoms with Crippen molar-refractivity contribution in [3.63, 3.8) is 0 Å². The van der Waals surface area contributed by atoms with Crippen molar-refractivity contribution in [2.24, 2.45) is 0 Å². The molecule has 1 aromatic rings. The highest BCUT2D eigenvalue weighted by molar-refractivity contribution is 9.10. The summed E-state index contributed by atoms with van der Waals surface area (Å²) in [6, 6.07) is 3.41. The predicted octanol–water partition coefficient (Wildman–Crippen LogP) is 4.01. The van der Waals surface area contributed by atoms with Crippen LogP contribution in [-0.2, 0) is 0 Å². The van der Waals surface area contributed by atoms with E-state index in [4.69, 9.17) is 9.47 Å². The van der Waals surface area contributed by atoms with Crippen LogP contribution in [0.5, 0.6) is 11.5 Å². The quantitative estimate of drug-likeness (QED) is 0.413. The molecule has 0 saturated heterocycles. The Labute approximate surface area is 116 Å². The lowest BCUT2D eigenvalue weighted by molar-refractivity contribution is 0.112. The van der Waals surface area contributed by atoms with Crippen molar-refractivity contribution >= 4 is 22.2 Å². The molecule has 0 bridgehead atoms. The van der Waals surface area contributed by atoms with Gasteiger partial charge in [0, 0.05) is 5.56 Å². The summed E-state index contributed by atoms with van der Waals surface area (Å²) in [4.78, 5) is 10.8. The van der Waals surface area contributed by atoms with Gasteiger partial charge in [0.15, 0.2) is 11.5 Å². The minimum absolute atomic E-state index is 0.526. The van der Waals surface area contributed by atoms with Crippen molar-refractivity contribution in [2.75, 3.05) is 13.2 Å². The van der Waals surface area contributed by atoms with Crippen LogP contribution in [0.3, 0.4) is 0 Å². The monoisotopic (exact) mass is 312 g/mol. The number of allylic oxidation sites excluding steroid dienone is 1. The van der Waals surface area contributed by atoms with Gasteiger partial charge in [-0.1, -0.05) is 6.08 Å². The van der Waals surface area contributed by atoms with Gasteiger partial charge >= 0.3 is 0 Å². The third-order valence-electron chi connectivity index (χ3n) is 2.27. The van der Waals surface area contributed by atoms with Gasteiger partial charge in [-0.25, -0.2) is 0 Å². The van der Waals surface area contributed by atoms with E-state index in [0.717, 1.165) is 23.6 Å². The molecule has 0 aromatic heterocycles. The summed E-state index contributed by atoms with van der Waals surface area (Å²) < 4.78 is 11.9. The van der Waals surface area contributed by atoms with E-state index in [2.05, 4.69) is 22.5 Å². The van der Waals surface area contributed by atoms with Crippen molar-refractivity contribution in [3.8, 4) is 11.5 Å². The molecule has 1 rings (SSSR count). The minimum atomic E-state index is 0.526. The van der Waals surface area contributed by atoms with Gasteiger partial charge < -0.3 is 9.47 Å². The fraction of sp³-hybridized carbons (Fsp3) is 0.357. The van der Waals surface area contributed by atoms with E-state index < -0.39 is 0 Å². The molecule has 1 aromatic carbocycles. The number of carbonyl (C=O) groups excluding carboxylic acids is 1. The molecule has 4 heteroatoms.